The molecule has 0 amide bonds. The molecule has 3 N–H and O–H groups in total. The van der Waals surface area contributed by atoms with Gasteiger partial charge < -0.3 is 10.6 Å². The Morgan fingerprint density at radius 1 is 1.62 bits per heavy atom. The summed E-state index contributed by atoms with van der Waals surface area (Å²) >= 11 is 1.55. The average Bonchev–Trinajstić information content (AvgIpc) is 1.61. The van der Waals surface area contributed by atoms with Crippen LogP contribution in [0.25, 0.3) is 0 Å². The van der Waals surface area contributed by atoms with E-state index in [4.69, 9.17) is 5.73 Å². The molecule has 0 radical (unpaired) electrons. The van der Waals surface area contributed by atoms with E-state index in [1.165, 1.54) is 0 Å². The molecule has 0 saturated heterocycles. The molecule has 4 heteroatoms. The Morgan fingerprint density at radius 3 is 2.25 bits per heavy atom. The summed E-state index contributed by atoms with van der Waals surface area (Å²) in [7, 11) is 3.94. The topological polar surface area (TPSA) is 45.0 Å². The van der Waals surface area contributed by atoms with Crippen LogP contribution in [-0.4, -0.2) is 18.5 Å². The number of aromatic amines is 1. The number of nitrogen functional groups attached to an aromatic ring is 1. The van der Waals surface area contributed by atoms with Crippen LogP contribution in [0.1, 0.15) is 0 Å². The lowest BCUT2D eigenvalue weighted by atomic mass is 10.7. The van der Waals surface area contributed by atoms with Crippen molar-refractivity contribution < 1.29 is 0 Å². The summed E-state index contributed by atoms with van der Waals surface area (Å²) in [6.45, 7) is 0. The van der Waals surface area contributed by atoms with Crippen LogP contribution in [0.5, 0.6) is 0 Å². The molecule has 0 aliphatic rings. The van der Waals surface area contributed by atoms with Gasteiger partial charge in [0.25, 0.3) is 0 Å². The fourth-order valence-corrected chi connectivity index (χ4v) is 0.982. The molecular weight excluding hydrogens is 122 g/mol. The summed E-state index contributed by atoms with van der Waals surface area (Å²) in [6.07, 6.45) is 0. The largest absolute Gasteiger partial charge is 0.382 e. The van der Waals surface area contributed by atoms with Gasteiger partial charge in [-0.15, -0.1) is 0 Å². The van der Waals surface area contributed by atoms with Crippen molar-refractivity contribution in [1.82, 2.24) is 4.37 Å². The summed E-state index contributed by atoms with van der Waals surface area (Å²) in [5.74, 6) is 0.778. The van der Waals surface area contributed by atoms with Gasteiger partial charge in [-0.1, -0.05) is 0 Å². The predicted molar refractivity (Wildman–Crippen MR) is 37.4 cm³/mol. The highest BCUT2D eigenvalue weighted by atomic mass is 32.1. The molecule has 3 nitrogen and oxygen atoms in total. The number of H-pyrrole nitrogens is 1. The summed E-state index contributed by atoms with van der Waals surface area (Å²) in [4.78, 5) is 1.98. The fourth-order valence-electron chi connectivity index (χ4n) is 0.488. The smallest absolute Gasteiger partial charge is 0.149 e. The second-order valence-corrected chi connectivity index (χ2v) is 2.61. The maximum absolute atomic E-state index is 5.43. The Morgan fingerprint density at radius 2 is 2.25 bits per heavy atom. The summed E-state index contributed by atoms with van der Waals surface area (Å²) in [6, 6.07) is 0. The number of hydrogen-bond acceptors (Lipinski definition) is 3. The number of anilines is 2. The number of nitrogens with one attached hydrogen (secondary N) is 1. The molecule has 0 aliphatic carbocycles. The van der Waals surface area contributed by atoms with Gasteiger partial charge in [-0.25, -0.2) is 0 Å². The van der Waals surface area contributed by atoms with Crippen LogP contribution in [0, 0.1) is 0 Å². The van der Waals surface area contributed by atoms with Crippen LogP contribution in [-0.2, 0) is 0 Å². The zero-order chi connectivity index (χ0) is 6.15. The third-order valence-corrected chi connectivity index (χ3v) is 1.99. The van der Waals surface area contributed by atoms with Gasteiger partial charge in [0.2, 0.25) is 0 Å². The molecule has 0 aliphatic heterocycles. The van der Waals surface area contributed by atoms with Gasteiger partial charge >= 0.3 is 0 Å². The number of hydrogen-bond donors (Lipinski definition) is 2. The van der Waals surface area contributed by atoms with E-state index in [-0.39, 0.29) is 0 Å². The van der Waals surface area contributed by atoms with Crippen molar-refractivity contribution in [3.8, 4) is 0 Å². The number of nitrogens with two attached hydrogens (primary N) is 1. The molecule has 0 spiro atoms. The molecule has 0 unspecified atom stereocenters. The minimum atomic E-state index is 0.778. The Kier molecular flexibility index (Phi) is 1.17. The molecule has 1 heterocycles. The van der Waals surface area contributed by atoms with E-state index in [2.05, 4.69) is 4.37 Å². The van der Waals surface area contributed by atoms with Gasteiger partial charge in [-0.05, 0) is 11.5 Å². The maximum atomic E-state index is 5.43. The fraction of sp³-hybridized carbons (Fsp3) is 0.500. The molecule has 0 saturated carbocycles. The van der Waals surface area contributed by atoms with Crippen molar-refractivity contribution in [1.29, 1.82) is 0 Å². The average molecular weight is 131 g/mol. The first-order valence-electron chi connectivity index (χ1n) is 2.31. The standard InChI is InChI=1S/C4H9N3S/c1-7(2)4-3(5)6-8-4/h6H,5H2,1-2H3. The van der Waals surface area contributed by atoms with Crippen molar-refractivity contribution in [2.24, 2.45) is 0 Å². The molecule has 1 rings (SSSR count). The Balaban J connectivity index is 2.69. The van der Waals surface area contributed by atoms with E-state index in [1.54, 1.807) is 11.5 Å². The van der Waals surface area contributed by atoms with Gasteiger partial charge in [0, 0.05) is 14.1 Å². The Bertz CT molecular complexity index is 164. The first kappa shape index (κ1) is 5.50. The van der Waals surface area contributed by atoms with Crippen LogP contribution < -0.4 is 10.6 Å². The lowest BCUT2D eigenvalue weighted by Crippen LogP contribution is -2.12. The normalized spacial score (nSPS) is 9.75. The molecule has 46 valence electrons. The van der Waals surface area contributed by atoms with E-state index in [9.17, 15) is 0 Å². The van der Waals surface area contributed by atoms with Crippen LogP contribution in [0.15, 0.2) is 0 Å². The quantitative estimate of drug-likeness (QED) is 0.590. The molecule has 1 aromatic heterocycles. The van der Waals surface area contributed by atoms with E-state index >= 15 is 0 Å². The molecule has 0 atom stereocenters. The van der Waals surface area contributed by atoms with Gasteiger partial charge in [-0.2, -0.15) is 0 Å². The third-order valence-electron chi connectivity index (χ3n) is 0.894. The number of aromatic nitrogens is 1. The molecule has 0 aromatic carbocycles. The Hall–Kier alpha value is -0.640. The van der Waals surface area contributed by atoms with Crippen LogP contribution in [0.3, 0.4) is 0 Å². The van der Waals surface area contributed by atoms with E-state index in [0.29, 0.717) is 0 Å². The maximum Gasteiger partial charge on any atom is 0.149 e. The van der Waals surface area contributed by atoms with Gasteiger partial charge in [-0.3, -0.25) is 4.37 Å². The zero-order valence-electron chi connectivity index (χ0n) is 4.93. The lowest BCUT2D eigenvalue weighted by molar-refractivity contribution is 1.14. The van der Waals surface area contributed by atoms with Gasteiger partial charge in [0.1, 0.15) is 10.8 Å². The molecule has 0 fully saturated rings. The van der Waals surface area contributed by atoms with Crippen LogP contribution in [0.4, 0.5) is 10.8 Å². The third kappa shape index (κ3) is 0.667. The summed E-state index contributed by atoms with van der Waals surface area (Å²) in [5, 5.41) is 1.12. The highest BCUT2D eigenvalue weighted by Gasteiger charge is 2.03. The first-order valence-corrected chi connectivity index (χ1v) is 3.13. The monoisotopic (exact) mass is 131 g/mol. The van der Waals surface area contributed by atoms with Crippen LogP contribution >= 0.6 is 11.5 Å². The Labute approximate surface area is 52.3 Å². The SMILES string of the molecule is CN(C)c1s[nH]c1N. The highest BCUT2D eigenvalue weighted by Crippen LogP contribution is 2.26. The summed E-state index contributed by atoms with van der Waals surface area (Å²) in [5.41, 5.74) is 5.43. The van der Waals surface area contributed by atoms with Crippen LogP contribution in [0.2, 0.25) is 0 Å². The van der Waals surface area contributed by atoms with E-state index < -0.39 is 0 Å². The van der Waals surface area contributed by atoms with Gasteiger partial charge in [0.15, 0.2) is 0 Å². The number of nitrogens with zero attached hydrogens (tertiary/aromatic N) is 1. The zero-order valence-corrected chi connectivity index (χ0v) is 5.75. The summed E-state index contributed by atoms with van der Waals surface area (Å²) < 4.78 is 2.87. The van der Waals surface area contributed by atoms with Crippen molar-refractivity contribution >= 4 is 22.4 Å². The van der Waals surface area contributed by atoms with E-state index in [1.807, 2.05) is 19.0 Å². The number of rotatable bonds is 1. The van der Waals surface area contributed by atoms with Crippen molar-refractivity contribution in [2.45, 2.75) is 0 Å². The van der Waals surface area contributed by atoms with Crippen molar-refractivity contribution in [2.75, 3.05) is 24.7 Å². The minimum absolute atomic E-state index is 0.778. The van der Waals surface area contributed by atoms with E-state index in [0.717, 1.165) is 10.8 Å². The van der Waals surface area contributed by atoms with Crippen molar-refractivity contribution in [3.05, 3.63) is 0 Å². The molecular formula is C4H9N3S. The lowest BCUT2D eigenvalue weighted by Gasteiger charge is -2.15. The predicted octanol–water partition coefficient (Wildman–Crippen LogP) is 0.724. The van der Waals surface area contributed by atoms with Crippen molar-refractivity contribution in [3.63, 3.8) is 0 Å². The molecule has 8 heavy (non-hydrogen) atoms. The highest BCUT2D eigenvalue weighted by molar-refractivity contribution is 7.12. The van der Waals surface area contributed by atoms with Gasteiger partial charge in [0.05, 0.1) is 0 Å². The second kappa shape index (κ2) is 1.70. The minimum Gasteiger partial charge on any atom is -0.382 e. The first-order chi connectivity index (χ1) is 3.72. The molecule has 1 aromatic rings. The second-order valence-electron chi connectivity index (χ2n) is 1.82. The molecule has 0 bridgehead atoms.